The first kappa shape index (κ1) is 9.25. The van der Waals surface area contributed by atoms with Gasteiger partial charge in [0.1, 0.15) is 5.52 Å². The molecule has 1 aromatic heterocycles. The average Bonchev–Trinajstić information content (AvgIpc) is 2.44. The molecule has 0 N–H and O–H groups in total. The minimum absolute atomic E-state index is 0.587. The highest BCUT2D eigenvalue weighted by Crippen LogP contribution is 2.18. The van der Waals surface area contributed by atoms with Crippen LogP contribution in [-0.4, -0.2) is 4.98 Å². The third kappa shape index (κ3) is 1.79. The molecule has 0 spiro atoms. The van der Waals surface area contributed by atoms with Crippen LogP contribution in [0.1, 0.15) is 25.3 Å². The quantitative estimate of drug-likeness (QED) is 0.724. The van der Waals surface area contributed by atoms with E-state index in [4.69, 9.17) is 4.42 Å². The number of hydrogen-bond acceptors (Lipinski definition) is 2. The van der Waals surface area contributed by atoms with Crippen molar-refractivity contribution in [1.29, 1.82) is 0 Å². The lowest BCUT2D eigenvalue weighted by Crippen LogP contribution is -1.93. The van der Waals surface area contributed by atoms with E-state index in [1.807, 2.05) is 12.1 Å². The van der Waals surface area contributed by atoms with Gasteiger partial charge in [-0.3, -0.25) is 0 Å². The number of nitrogens with zero attached hydrogens (tertiary/aromatic N) is 1. The highest BCUT2D eigenvalue weighted by Gasteiger charge is 2.06. The SMILES string of the molecule is Cc1ccc2oc(CC(C)C)nc2c1. The van der Waals surface area contributed by atoms with Gasteiger partial charge in [0.15, 0.2) is 11.5 Å². The van der Waals surface area contributed by atoms with Crippen molar-refractivity contribution in [1.82, 2.24) is 4.98 Å². The average molecular weight is 189 g/mol. The highest BCUT2D eigenvalue weighted by atomic mass is 16.3. The van der Waals surface area contributed by atoms with Crippen molar-refractivity contribution in [2.75, 3.05) is 0 Å². The van der Waals surface area contributed by atoms with E-state index in [1.165, 1.54) is 5.56 Å². The van der Waals surface area contributed by atoms with Crippen LogP contribution in [0.25, 0.3) is 11.1 Å². The monoisotopic (exact) mass is 189 g/mol. The first-order valence-corrected chi connectivity index (χ1v) is 5.01. The molecule has 0 atom stereocenters. The summed E-state index contributed by atoms with van der Waals surface area (Å²) in [4.78, 5) is 4.45. The maximum Gasteiger partial charge on any atom is 0.195 e. The molecule has 2 nitrogen and oxygen atoms in total. The number of benzene rings is 1. The summed E-state index contributed by atoms with van der Waals surface area (Å²) in [6, 6.07) is 6.09. The van der Waals surface area contributed by atoms with Crippen molar-refractivity contribution in [3.05, 3.63) is 29.7 Å². The van der Waals surface area contributed by atoms with Crippen molar-refractivity contribution >= 4 is 11.1 Å². The molecule has 0 aliphatic rings. The van der Waals surface area contributed by atoms with E-state index in [-0.39, 0.29) is 0 Å². The van der Waals surface area contributed by atoms with Crippen molar-refractivity contribution in [2.45, 2.75) is 27.2 Å². The molecule has 0 aliphatic heterocycles. The van der Waals surface area contributed by atoms with Crippen LogP contribution >= 0.6 is 0 Å². The Kier molecular flexibility index (Phi) is 2.28. The van der Waals surface area contributed by atoms with E-state index in [9.17, 15) is 0 Å². The van der Waals surface area contributed by atoms with Crippen molar-refractivity contribution in [3.8, 4) is 0 Å². The van der Waals surface area contributed by atoms with Gasteiger partial charge >= 0.3 is 0 Å². The lowest BCUT2D eigenvalue weighted by molar-refractivity contribution is 0.482. The molecule has 0 radical (unpaired) electrons. The first-order chi connectivity index (χ1) is 6.65. The zero-order chi connectivity index (χ0) is 10.1. The van der Waals surface area contributed by atoms with E-state index >= 15 is 0 Å². The molecule has 0 aliphatic carbocycles. The first-order valence-electron chi connectivity index (χ1n) is 5.01. The molecule has 1 heterocycles. The predicted octanol–water partition coefficient (Wildman–Crippen LogP) is 3.33. The molecule has 0 amide bonds. The number of fused-ring (bicyclic) bond motifs is 1. The van der Waals surface area contributed by atoms with Gasteiger partial charge in [0, 0.05) is 6.42 Å². The molecule has 2 rings (SSSR count). The third-order valence-electron chi connectivity index (χ3n) is 2.17. The van der Waals surface area contributed by atoms with Gasteiger partial charge in [-0.15, -0.1) is 0 Å². The molecule has 14 heavy (non-hydrogen) atoms. The minimum Gasteiger partial charge on any atom is -0.441 e. The third-order valence-corrected chi connectivity index (χ3v) is 2.17. The Hall–Kier alpha value is -1.31. The standard InChI is InChI=1S/C12H15NO/c1-8(2)6-12-13-10-7-9(3)4-5-11(10)14-12/h4-5,7-8H,6H2,1-3H3. The molecule has 0 unspecified atom stereocenters. The van der Waals surface area contributed by atoms with Crippen LogP contribution in [-0.2, 0) is 6.42 Å². The Morgan fingerprint density at radius 3 is 2.86 bits per heavy atom. The maximum atomic E-state index is 5.62. The van der Waals surface area contributed by atoms with Crippen LogP contribution in [0, 0.1) is 12.8 Å². The fourth-order valence-corrected chi connectivity index (χ4v) is 1.52. The highest BCUT2D eigenvalue weighted by molar-refractivity contribution is 5.73. The number of hydrogen-bond donors (Lipinski definition) is 0. The molecule has 0 saturated heterocycles. The Labute approximate surface area is 84.0 Å². The van der Waals surface area contributed by atoms with Crippen LogP contribution in [0.2, 0.25) is 0 Å². The van der Waals surface area contributed by atoms with Gasteiger partial charge in [0.05, 0.1) is 0 Å². The van der Waals surface area contributed by atoms with E-state index in [0.717, 1.165) is 23.4 Å². The van der Waals surface area contributed by atoms with Gasteiger partial charge in [-0.1, -0.05) is 19.9 Å². The minimum atomic E-state index is 0.587. The van der Waals surface area contributed by atoms with Crippen LogP contribution in [0.5, 0.6) is 0 Å². The smallest absolute Gasteiger partial charge is 0.195 e. The number of rotatable bonds is 2. The van der Waals surface area contributed by atoms with Gasteiger partial charge in [-0.2, -0.15) is 0 Å². The molecule has 0 bridgehead atoms. The molecular weight excluding hydrogens is 174 g/mol. The van der Waals surface area contributed by atoms with Gasteiger partial charge in [0.25, 0.3) is 0 Å². The lowest BCUT2D eigenvalue weighted by Gasteiger charge is -1.96. The summed E-state index contributed by atoms with van der Waals surface area (Å²) in [5.74, 6) is 1.43. The largest absolute Gasteiger partial charge is 0.441 e. The number of aromatic nitrogens is 1. The summed E-state index contributed by atoms with van der Waals surface area (Å²) in [5.41, 5.74) is 3.09. The summed E-state index contributed by atoms with van der Waals surface area (Å²) in [7, 11) is 0. The summed E-state index contributed by atoms with van der Waals surface area (Å²) in [6.45, 7) is 6.40. The predicted molar refractivity (Wildman–Crippen MR) is 57.3 cm³/mol. The fourth-order valence-electron chi connectivity index (χ4n) is 1.52. The molecule has 0 saturated carbocycles. The van der Waals surface area contributed by atoms with Gasteiger partial charge in [-0.25, -0.2) is 4.98 Å². The molecule has 0 fully saturated rings. The molecule has 1 aromatic carbocycles. The molecular formula is C12H15NO. The van der Waals surface area contributed by atoms with Crippen LogP contribution in [0.3, 0.4) is 0 Å². The molecule has 2 heteroatoms. The van der Waals surface area contributed by atoms with Gasteiger partial charge in [-0.05, 0) is 30.5 Å². The summed E-state index contributed by atoms with van der Waals surface area (Å²) in [6.07, 6.45) is 0.910. The van der Waals surface area contributed by atoms with Crippen molar-refractivity contribution in [2.24, 2.45) is 5.92 Å². The second-order valence-electron chi connectivity index (χ2n) is 4.18. The van der Waals surface area contributed by atoms with Gasteiger partial charge in [0.2, 0.25) is 0 Å². The Balaban J connectivity index is 2.41. The number of aryl methyl sites for hydroxylation is 1. The van der Waals surface area contributed by atoms with Gasteiger partial charge < -0.3 is 4.42 Å². The molecule has 2 aromatic rings. The van der Waals surface area contributed by atoms with E-state index < -0.39 is 0 Å². The van der Waals surface area contributed by atoms with E-state index in [0.29, 0.717) is 5.92 Å². The molecule has 74 valence electrons. The second-order valence-corrected chi connectivity index (χ2v) is 4.18. The van der Waals surface area contributed by atoms with Crippen LogP contribution < -0.4 is 0 Å². The summed E-state index contributed by atoms with van der Waals surface area (Å²) in [5, 5.41) is 0. The lowest BCUT2D eigenvalue weighted by atomic mass is 10.1. The number of oxazole rings is 1. The van der Waals surface area contributed by atoms with E-state index in [1.54, 1.807) is 0 Å². The Morgan fingerprint density at radius 1 is 1.36 bits per heavy atom. The van der Waals surface area contributed by atoms with Crippen LogP contribution in [0.15, 0.2) is 22.6 Å². The normalized spacial score (nSPS) is 11.4. The Bertz CT molecular complexity index is 443. The Morgan fingerprint density at radius 2 is 2.14 bits per heavy atom. The second kappa shape index (κ2) is 3.45. The summed E-state index contributed by atoms with van der Waals surface area (Å²) < 4.78 is 5.62. The maximum absolute atomic E-state index is 5.62. The van der Waals surface area contributed by atoms with E-state index in [2.05, 4.69) is 31.8 Å². The topological polar surface area (TPSA) is 26.0 Å². The van der Waals surface area contributed by atoms with Crippen LogP contribution in [0.4, 0.5) is 0 Å². The summed E-state index contributed by atoms with van der Waals surface area (Å²) >= 11 is 0. The van der Waals surface area contributed by atoms with Crippen molar-refractivity contribution in [3.63, 3.8) is 0 Å². The van der Waals surface area contributed by atoms with Crippen molar-refractivity contribution < 1.29 is 4.42 Å². The fraction of sp³-hybridized carbons (Fsp3) is 0.417. The zero-order valence-corrected chi connectivity index (χ0v) is 8.87. The zero-order valence-electron chi connectivity index (χ0n) is 8.87.